The van der Waals surface area contributed by atoms with Gasteiger partial charge >= 0.3 is 0 Å². The Hall–Kier alpha value is -1.40. The standard InChI is InChI=1S/C14H16BrFN2O2/c1-3-6-18-13(12(20-2)8-17-18)14(19)9-4-5-10(15)11(16)7-9/h4-5,7-8,14,19H,3,6H2,1-2H3. The van der Waals surface area contributed by atoms with Gasteiger partial charge in [0.25, 0.3) is 0 Å². The molecule has 0 bridgehead atoms. The van der Waals surface area contributed by atoms with Crippen molar-refractivity contribution in [3.63, 3.8) is 0 Å². The Bertz CT molecular complexity index is 601. The number of methoxy groups -OCH3 is 1. The molecular weight excluding hydrogens is 327 g/mol. The highest BCUT2D eigenvalue weighted by atomic mass is 79.9. The average Bonchev–Trinajstić information content (AvgIpc) is 2.84. The molecule has 20 heavy (non-hydrogen) atoms. The van der Waals surface area contributed by atoms with Crippen molar-refractivity contribution in [1.29, 1.82) is 0 Å². The Labute approximate surface area is 125 Å². The molecule has 6 heteroatoms. The molecule has 0 amide bonds. The van der Waals surface area contributed by atoms with Crippen LogP contribution in [0.4, 0.5) is 4.39 Å². The number of halogens is 2. The summed E-state index contributed by atoms with van der Waals surface area (Å²) in [5.74, 6) is 0.0800. The molecule has 0 saturated carbocycles. The van der Waals surface area contributed by atoms with Gasteiger partial charge in [-0.2, -0.15) is 5.10 Å². The minimum Gasteiger partial charge on any atom is -0.493 e. The fourth-order valence-electron chi connectivity index (χ4n) is 2.04. The van der Waals surface area contributed by atoms with Gasteiger partial charge in [-0.25, -0.2) is 4.39 Å². The molecule has 4 nitrogen and oxygen atoms in total. The Morgan fingerprint density at radius 3 is 2.85 bits per heavy atom. The lowest BCUT2D eigenvalue weighted by Gasteiger charge is -2.15. The van der Waals surface area contributed by atoms with Crippen molar-refractivity contribution in [2.45, 2.75) is 26.0 Å². The van der Waals surface area contributed by atoms with Crippen molar-refractivity contribution in [2.75, 3.05) is 7.11 Å². The van der Waals surface area contributed by atoms with Crippen molar-refractivity contribution in [2.24, 2.45) is 0 Å². The Morgan fingerprint density at radius 1 is 1.50 bits per heavy atom. The molecule has 0 aliphatic heterocycles. The van der Waals surface area contributed by atoms with Crippen LogP contribution in [0.5, 0.6) is 5.75 Å². The van der Waals surface area contributed by atoms with Crippen molar-refractivity contribution < 1.29 is 14.2 Å². The van der Waals surface area contributed by atoms with Crippen molar-refractivity contribution in [3.05, 3.63) is 45.9 Å². The molecule has 2 aromatic rings. The smallest absolute Gasteiger partial charge is 0.163 e. The molecule has 1 aromatic heterocycles. The summed E-state index contributed by atoms with van der Waals surface area (Å²) in [6.07, 6.45) is 1.45. The maximum Gasteiger partial charge on any atom is 0.163 e. The van der Waals surface area contributed by atoms with E-state index in [1.54, 1.807) is 23.0 Å². The SMILES string of the molecule is CCCn1ncc(OC)c1C(O)c1ccc(Br)c(F)c1. The van der Waals surface area contributed by atoms with E-state index in [-0.39, 0.29) is 0 Å². The molecule has 0 fully saturated rings. The largest absolute Gasteiger partial charge is 0.493 e. The third kappa shape index (κ3) is 2.86. The summed E-state index contributed by atoms with van der Waals surface area (Å²) < 4.78 is 20.9. The van der Waals surface area contributed by atoms with Crippen LogP contribution in [-0.4, -0.2) is 22.0 Å². The van der Waals surface area contributed by atoms with E-state index >= 15 is 0 Å². The van der Waals surface area contributed by atoms with Crippen LogP contribution in [0.25, 0.3) is 0 Å². The first kappa shape index (κ1) is 15.0. The van der Waals surface area contributed by atoms with Crippen LogP contribution in [0.15, 0.2) is 28.9 Å². The lowest BCUT2D eigenvalue weighted by molar-refractivity contribution is 0.201. The van der Waals surface area contributed by atoms with Crippen LogP contribution >= 0.6 is 15.9 Å². The number of aromatic nitrogens is 2. The summed E-state index contributed by atoms with van der Waals surface area (Å²) in [6.45, 7) is 2.68. The zero-order chi connectivity index (χ0) is 14.7. The van der Waals surface area contributed by atoms with Crippen LogP contribution in [0.2, 0.25) is 0 Å². The number of hydrogen-bond acceptors (Lipinski definition) is 3. The second kappa shape index (κ2) is 6.37. The van der Waals surface area contributed by atoms with E-state index in [0.29, 0.717) is 28.0 Å². The molecule has 1 atom stereocenters. The van der Waals surface area contributed by atoms with Gasteiger partial charge in [0.2, 0.25) is 0 Å². The molecule has 108 valence electrons. The number of rotatable bonds is 5. The molecule has 0 aliphatic rings. The quantitative estimate of drug-likeness (QED) is 0.906. The molecule has 0 radical (unpaired) electrons. The minimum atomic E-state index is -0.985. The van der Waals surface area contributed by atoms with Gasteiger partial charge in [-0.3, -0.25) is 4.68 Å². The van der Waals surface area contributed by atoms with Crippen LogP contribution in [0.3, 0.4) is 0 Å². The predicted octanol–water partition coefficient (Wildman–Crippen LogP) is 3.29. The molecule has 0 saturated heterocycles. The Kier molecular flexibility index (Phi) is 4.77. The molecule has 1 aromatic carbocycles. The molecular formula is C14H16BrFN2O2. The van der Waals surface area contributed by atoms with Crippen LogP contribution in [0, 0.1) is 5.82 Å². The average molecular weight is 343 g/mol. The highest BCUT2D eigenvalue weighted by Gasteiger charge is 2.22. The molecule has 0 spiro atoms. The van der Waals surface area contributed by atoms with Gasteiger partial charge < -0.3 is 9.84 Å². The summed E-state index contributed by atoms with van der Waals surface area (Å²) >= 11 is 3.10. The van der Waals surface area contributed by atoms with Crippen LogP contribution in [0.1, 0.15) is 30.7 Å². The van der Waals surface area contributed by atoms with E-state index in [2.05, 4.69) is 21.0 Å². The summed E-state index contributed by atoms with van der Waals surface area (Å²) in [5.41, 5.74) is 0.998. The summed E-state index contributed by atoms with van der Waals surface area (Å²) in [6, 6.07) is 4.54. The highest BCUT2D eigenvalue weighted by Crippen LogP contribution is 2.31. The van der Waals surface area contributed by atoms with Gasteiger partial charge in [-0.05, 0) is 40.0 Å². The molecule has 1 unspecified atom stereocenters. The van der Waals surface area contributed by atoms with Gasteiger partial charge in [-0.15, -0.1) is 0 Å². The van der Waals surface area contributed by atoms with E-state index in [1.165, 1.54) is 13.2 Å². The van der Waals surface area contributed by atoms with Crippen molar-refractivity contribution >= 4 is 15.9 Å². The van der Waals surface area contributed by atoms with E-state index < -0.39 is 11.9 Å². The molecule has 1 heterocycles. The van der Waals surface area contributed by atoms with E-state index in [0.717, 1.165) is 6.42 Å². The molecule has 1 N–H and O–H groups in total. The zero-order valence-electron chi connectivity index (χ0n) is 11.3. The monoisotopic (exact) mass is 342 g/mol. The number of aliphatic hydroxyl groups is 1. The topological polar surface area (TPSA) is 47.3 Å². The van der Waals surface area contributed by atoms with Crippen LogP contribution in [-0.2, 0) is 6.54 Å². The molecule has 0 aliphatic carbocycles. The first-order valence-electron chi connectivity index (χ1n) is 6.31. The number of hydrogen-bond donors (Lipinski definition) is 1. The van der Waals surface area contributed by atoms with E-state index in [9.17, 15) is 9.50 Å². The highest BCUT2D eigenvalue weighted by molar-refractivity contribution is 9.10. The minimum absolute atomic E-state index is 0.363. The third-order valence-electron chi connectivity index (χ3n) is 3.02. The summed E-state index contributed by atoms with van der Waals surface area (Å²) in [7, 11) is 1.52. The molecule has 2 rings (SSSR count). The maximum absolute atomic E-state index is 13.6. The van der Waals surface area contributed by atoms with Gasteiger partial charge in [-0.1, -0.05) is 13.0 Å². The second-order valence-corrected chi connectivity index (χ2v) is 5.25. The van der Waals surface area contributed by atoms with Gasteiger partial charge in [0.05, 0.1) is 17.8 Å². The fourth-order valence-corrected chi connectivity index (χ4v) is 2.29. The van der Waals surface area contributed by atoms with Gasteiger partial charge in [0.1, 0.15) is 17.6 Å². The van der Waals surface area contributed by atoms with Crippen molar-refractivity contribution in [3.8, 4) is 5.75 Å². The Balaban J connectivity index is 2.43. The lowest BCUT2D eigenvalue weighted by Crippen LogP contribution is -2.11. The number of benzene rings is 1. The van der Waals surface area contributed by atoms with Crippen LogP contribution < -0.4 is 4.74 Å². The zero-order valence-corrected chi connectivity index (χ0v) is 12.9. The van der Waals surface area contributed by atoms with Gasteiger partial charge in [0.15, 0.2) is 5.75 Å². The maximum atomic E-state index is 13.6. The van der Waals surface area contributed by atoms with E-state index in [1.807, 2.05) is 6.92 Å². The number of ether oxygens (including phenoxy) is 1. The van der Waals surface area contributed by atoms with Crippen molar-refractivity contribution in [1.82, 2.24) is 9.78 Å². The third-order valence-corrected chi connectivity index (χ3v) is 3.66. The lowest BCUT2D eigenvalue weighted by atomic mass is 10.1. The summed E-state index contributed by atoms with van der Waals surface area (Å²) in [4.78, 5) is 0. The number of nitrogens with zero attached hydrogens (tertiary/aromatic N) is 2. The summed E-state index contributed by atoms with van der Waals surface area (Å²) in [5, 5.41) is 14.7. The normalized spacial score (nSPS) is 12.4. The van der Waals surface area contributed by atoms with Gasteiger partial charge in [0, 0.05) is 6.54 Å². The number of aliphatic hydroxyl groups excluding tert-OH is 1. The van der Waals surface area contributed by atoms with E-state index in [4.69, 9.17) is 4.74 Å². The second-order valence-electron chi connectivity index (χ2n) is 4.40. The fraction of sp³-hybridized carbons (Fsp3) is 0.357. The first-order chi connectivity index (χ1) is 9.58. The Morgan fingerprint density at radius 2 is 2.25 bits per heavy atom. The number of aryl methyl sites for hydroxylation is 1. The predicted molar refractivity (Wildman–Crippen MR) is 77.2 cm³/mol. The first-order valence-corrected chi connectivity index (χ1v) is 7.10.